The van der Waals surface area contributed by atoms with Crippen LogP contribution in [0.5, 0.6) is 5.75 Å². The van der Waals surface area contributed by atoms with E-state index in [9.17, 15) is 9.50 Å². The fourth-order valence-electron chi connectivity index (χ4n) is 2.08. The van der Waals surface area contributed by atoms with Crippen LogP contribution in [0.2, 0.25) is 0 Å². The maximum atomic E-state index is 13.7. The summed E-state index contributed by atoms with van der Waals surface area (Å²) in [4.78, 5) is 4.27. The van der Waals surface area contributed by atoms with Gasteiger partial charge in [0.1, 0.15) is 17.1 Å². The molecule has 0 radical (unpaired) electrons. The molecular weight excluding hydrogens is 231 g/mol. The van der Waals surface area contributed by atoms with Crippen LogP contribution in [-0.2, 0) is 7.05 Å². The Kier molecular flexibility index (Phi) is 2.30. The van der Waals surface area contributed by atoms with Crippen molar-refractivity contribution in [1.29, 1.82) is 0 Å². The van der Waals surface area contributed by atoms with E-state index in [1.54, 1.807) is 41.9 Å². The predicted octanol–water partition coefficient (Wildman–Crippen LogP) is 3.09. The van der Waals surface area contributed by atoms with Crippen molar-refractivity contribution >= 4 is 11.0 Å². The van der Waals surface area contributed by atoms with E-state index in [4.69, 9.17) is 0 Å². The topological polar surface area (TPSA) is 38.0 Å². The molecule has 0 aliphatic carbocycles. The van der Waals surface area contributed by atoms with Crippen LogP contribution in [0.15, 0.2) is 42.5 Å². The molecule has 0 bridgehead atoms. The van der Waals surface area contributed by atoms with E-state index in [1.165, 1.54) is 6.07 Å². The number of imidazole rings is 1. The first-order valence-electron chi connectivity index (χ1n) is 5.58. The summed E-state index contributed by atoms with van der Waals surface area (Å²) < 4.78 is 15.4. The minimum Gasteiger partial charge on any atom is -0.507 e. The molecule has 4 heteroatoms. The maximum absolute atomic E-state index is 13.7. The van der Waals surface area contributed by atoms with Crippen molar-refractivity contribution in [1.82, 2.24) is 9.55 Å². The van der Waals surface area contributed by atoms with Gasteiger partial charge in [-0.1, -0.05) is 18.2 Å². The SMILES string of the molecule is Cn1c(-c2ccccc2O)nc2c(F)cccc21. The highest BCUT2D eigenvalue weighted by molar-refractivity contribution is 5.82. The first-order valence-corrected chi connectivity index (χ1v) is 5.58. The largest absolute Gasteiger partial charge is 0.507 e. The number of aromatic nitrogens is 2. The Balaban J connectivity index is 2.35. The Bertz CT molecular complexity index is 734. The number of aryl methyl sites for hydroxylation is 1. The summed E-state index contributed by atoms with van der Waals surface area (Å²) in [5.41, 5.74) is 1.61. The van der Waals surface area contributed by atoms with Gasteiger partial charge in [-0.3, -0.25) is 0 Å². The molecular formula is C14H11FN2O. The van der Waals surface area contributed by atoms with Crippen LogP contribution >= 0.6 is 0 Å². The Morgan fingerprint density at radius 2 is 1.89 bits per heavy atom. The lowest BCUT2D eigenvalue weighted by Crippen LogP contribution is -1.92. The number of rotatable bonds is 1. The van der Waals surface area contributed by atoms with Gasteiger partial charge in [0, 0.05) is 7.05 Å². The second-order valence-electron chi connectivity index (χ2n) is 4.12. The molecule has 0 aliphatic heterocycles. The van der Waals surface area contributed by atoms with Crippen LogP contribution in [0, 0.1) is 5.82 Å². The molecule has 3 aromatic rings. The summed E-state index contributed by atoms with van der Waals surface area (Å²) in [5, 5.41) is 9.84. The molecule has 1 aromatic heterocycles. The average Bonchev–Trinajstić information content (AvgIpc) is 2.70. The second-order valence-corrected chi connectivity index (χ2v) is 4.12. The smallest absolute Gasteiger partial charge is 0.151 e. The van der Waals surface area contributed by atoms with Crippen molar-refractivity contribution in [3.05, 3.63) is 48.3 Å². The first kappa shape index (κ1) is 10.8. The van der Waals surface area contributed by atoms with Crippen molar-refractivity contribution in [2.75, 3.05) is 0 Å². The molecule has 18 heavy (non-hydrogen) atoms. The number of aromatic hydroxyl groups is 1. The van der Waals surface area contributed by atoms with Crippen LogP contribution in [0.3, 0.4) is 0 Å². The fourth-order valence-corrected chi connectivity index (χ4v) is 2.08. The van der Waals surface area contributed by atoms with Gasteiger partial charge in [0.15, 0.2) is 5.82 Å². The number of benzene rings is 2. The van der Waals surface area contributed by atoms with Crippen molar-refractivity contribution in [2.45, 2.75) is 0 Å². The standard InChI is InChI=1S/C14H11FN2O/c1-17-11-7-4-6-10(15)13(11)16-14(17)9-5-2-3-8-12(9)18/h2-8,18H,1H3. The summed E-state index contributed by atoms with van der Waals surface area (Å²) in [7, 11) is 1.80. The van der Waals surface area contributed by atoms with Crippen molar-refractivity contribution in [3.8, 4) is 17.1 Å². The van der Waals surface area contributed by atoms with E-state index < -0.39 is 0 Å². The molecule has 0 amide bonds. The lowest BCUT2D eigenvalue weighted by molar-refractivity contribution is 0.476. The highest BCUT2D eigenvalue weighted by Gasteiger charge is 2.14. The van der Waals surface area contributed by atoms with Crippen molar-refractivity contribution in [3.63, 3.8) is 0 Å². The van der Waals surface area contributed by atoms with Gasteiger partial charge >= 0.3 is 0 Å². The zero-order valence-corrected chi connectivity index (χ0v) is 9.76. The lowest BCUT2D eigenvalue weighted by atomic mass is 10.2. The lowest BCUT2D eigenvalue weighted by Gasteiger charge is -2.04. The third-order valence-electron chi connectivity index (χ3n) is 3.01. The minimum atomic E-state index is -0.357. The Labute approximate surface area is 103 Å². The monoisotopic (exact) mass is 242 g/mol. The number of fused-ring (bicyclic) bond motifs is 1. The van der Waals surface area contributed by atoms with Crippen LogP contribution in [0.25, 0.3) is 22.4 Å². The van der Waals surface area contributed by atoms with Crippen LogP contribution < -0.4 is 0 Å². The number of phenols is 1. The normalized spacial score (nSPS) is 11.0. The van der Waals surface area contributed by atoms with Gasteiger partial charge in [-0.05, 0) is 24.3 Å². The Morgan fingerprint density at radius 1 is 1.11 bits per heavy atom. The van der Waals surface area contributed by atoms with E-state index in [0.717, 1.165) is 0 Å². The molecule has 3 nitrogen and oxygen atoms in total. The Hall–Kier alpha value is -2.36. The van der Waals surface area contributed by atoms with Crippen LogP contribution in [0.1, 0.15) is 0 Å². The van der Waals surface area contributed by atoms with Crippen molar-refractivity contribution in [2.24, 2.45) is 7.05 Å². The molecule has 0 saturated heterocycles. The number of hydrogen-bond donors (Lipinski definition) is 1. The van der Waals surface area contributed by atoms with E-state index in [0.29, 0.717) is 22.4 Å². The summed E-state index contributed by atoms with van der Waals surface area (Å²) in [6.45, 7) is 0. The summed E-state index contributed by atoms with van der Waals surface area (Å²) >= 11 is 0. The highest BCUT2D eigenvalue weighted by Crippen LogP contribution is 2.30. The van der Waals surface area contributed by atoms with Gasteiger partial charge in [0.25, 0.3) is 0 Å². The maximum Gasteiger partial charge on any atom is 0.151 e. The van der Waals surface area contributed by atoms with Crippen molar-refractivity contribution < 1.29 is 9.50 Å². The number of nitrogens with zero attached hydrogens (tertiary/aromatic N) is 2. The van der Waals surface area contributed by atoms with E-state index in [2.05, 4.69) is 4.98 Å². The Morgan fingerprint density at radius 3 is 2.61 bits per heavy atom. The summed E-state index contributed by atoms with van der Waals surface area (Å²) in [6.07, 6.45) is 0. The molecule has 0 aliphatic rings. The summed E-state index contributed by atoms with van der Waals surface area (Å²) in [5.74, 6) is 0.328. The molecule has 0 saturated carbocycles. The van der Waals surface area contributed by atoms with Gasteiger partial charge in [-0.2, -0.15) is 0 Å². The fraction of sp³-hybridized carbons (Fsp3) is 0.0714. The molecule has 0 atom stereocenters. The molecule has 0 fully saturated rings. The molecule has 2 aromatic carbocycles. The van der Waals surface area contributed by atoms with Crippen LogP contribution in [0.4, 0.5) is 4.39 Å². The number of para-hydroxylation sites is 2. The van der Waals surface area contributed by atoms with E-state index in [-0.39, 0.29) is 11.6 Å². The molecule has 1 N–H and O–H groups in total. The first-order chi connectivity index (χ1) is 8.68. The number of phenolic OH excluding ortho intramolecular Hbond substituents is 1. The van der Waals surface area contributed by atoms with Gasteiger partial charge in [-0.25, -0.2) is 9.37 Å². The van der Waals surface area contributed by atoms with Gasteiger partial charge in [0.05, 0.1) is 11.1 Å². The van der Waals surface area contributed by atoms with E-state index in [1.807, 2.05) is 6.07 Å². The third-order valence-corrected chi connectivity index (χ3v) is 3.01. The number of hydrogen-bond acceptors (Lipinski definition) is 2. The molecule has 1 heterocycles. The highest BCUT2D eigenvalue weighted by atomic mass is 19.1. The molecule has 90 valence electrons. The minimum absolute atomic E-state index is 0.135. The molecule has 0 unspecified atom stereocenters. The molecule has 3 rings (SSSR count). The average molecular weight is 242 g/mol. The predicted molar refractivity (Wildman–Crippen MR) is 67.8 cm³/mol. The quantitative estimate of drug-likeness (QED) is 0.712. The van der Waals surface area contributed by atoms with Crippen LogP contribution in [-0.4, -0.2) is 14.7 Å². The van der Waals surface area contributed by atoms with Gasteiger partial charge < -0.3 is 9.67 Å². The third kappa shape index (κ3) is 1.46. The van der Waals surface area contributed by atoms with E-state index >= 15 is 0 Å². The van der Waals surface area contributed by atoms with Gasteiger partial charge in [-0.15, -0.1) is 0 Å². The number of halogens is 1. The van der Waals surface area contributed by atoms with Gasteiger partial charge in [0.2, 0.25) is 0 Å². The second kappa shape index (κ2) is 3.84. The zero-order chi connectivity index (χ0) is 12.7. The zero-order valence-electron chi connectivity index (χ0n) is 9.76. The molecule has 0 spiro atoms. The summed E-state index contributed by atoms with van der Waals surface area (Å²) in [6, 6.07) is 11.7.